The first kappa shape index (κ1) is 16.4. The average Bonchev–Trinajstić information content (AvgIpc) is 2.35. The van der Waals surface area contributed by atoms with Crippen molar-refractivity contribution in [2.45, 2.75) is 17.3 Å². The lowest BCUT2D eigenvalue weighted by atomic mass is 10.2. The Hall–Kier alpha value is -1.70. The number of hydrogen-bond donors (Lipinski definition) is 0. The van der Waals surface area contributed by atoms with Crippen molar-refractivity contribution in [1.82, 2.24) is 0 Å². The van der Waals surface area contributed by atoms with Crippen molar-refractivity contribution in [3.05, 3.63) is 29.8 Å². The molecule has 0 heterocycles. The highest BCUT2D eigenvalue weighted by Gasteiger charge is 2.29. The minimum Gasteiger partial charge on any atom is -0.463 e. The molecule has 0 aliphatic heterocycles. The van der Waals surface area contributed by atoms with Crippen LogP contribution in [0.25, 0.3) is 0 Å². The van der Waals surface area contributed by atoms with Crippen molar-refractivity contribution >= 4 is 23.7 Å². The van der Waals surface area contributed by atoms with Gasteiger partial charge in [0.15, 0.2) is 6.61 Å². The Morgan fingerprint density at radius 2 is 1.75 bits per heavy atom. The van der Waals surface area contributed by atoms with E-state index in [1.165, 1.54) is 12.1 Å². The fraction of sp³-hybridized carbons (Fsp3) is 0.333. The highest BCUT2D eigenvalue weighted by Crippen LogP contribution is 2.36. The van der Waals surface area contributed by atoms with Crippen LogP contribution in [0.5, 0.6) is 0 Å². The largest absolute Gasteiger partial charge is 0.463 e. The zero-order valence-electron chi connectivity index (χ0n) is 10.4. The van der Waals surface area contributed by atoms with Crippen molar-refractivity contribution in [3.8, 4) is 0 Å². The monoisotopic (exact) mass is 308 g/mol. The number of rotatable bonds is 5. The smallest absolute Gasteiger partial charge is 0.446 e. The molecule has 0 N–H and O–H groups in total. The Morgan fingerprint density at radius 3 is 2.25 bits per heavy atom. The van der Waals surface area contributed by atoms with Crippen LogP contribution >= 0.6 is 11.8 Å². The highest BCUT2D eigenvalue weighted by atomic mass is 32.2. The topological polar surface area (TPSA) is 52.6 Å². The van der Waals surface area contributed by atoms with Gasteiger partial charge in [-0.05, 0) is 43.0 Å². The van der Waals surface area contributed by atoms with E-state index in [-0.39, 0.29) is 28.8 Å². The molecule has 0 bridgehead atoms. The zero-order valence-corrected chi connectivity index (χ0v) is 11.2. The number of carbonyl (C=O) groups excluding carboxylic acids is 2. The number of thioether (sulfide) groups is 1. The molecule has 0 amide bonds. The van der Waals surface area contributed by atoms with Gasteiger partial charge in [-0.3, -0.25) is 0 Å². The Bertz CT molecular complexity index is 471. The van der Waals surface area contributed by atoms with Crippen LogP contribution in [-0.2, 0) is 14.3 Å². The number of alkyl halides is 3. The normalized spacial score (nSPS) is 11.0. The molecule has 0 saturated heterocycles. The molecular weight excluding hydrogens is 297 g/mol. The van der Waals surface area contributed by atoms with Gasteiger partial charge in [0.05, 0.1) is 12.2 Å². The van der Waals surface area contributed by atoms with E-state index in [4.69, 9.17) is 0 Å². The maximum Gasteiger partial charge on any atom is 0.446 e. The van der Waals surface area contributed by atoms with Gasteiger partial charge in [0.1, 0.15) is 0 Å². The number of ether oxygens (including phenoxy) is 2. The van der Waals surface area contributed by atoms with Gasteiger partial charge >= 0.3 is 17.4 Å². The van der Waals surface area contributed by atoms with E-state index in [1.54, 1.807) is 6.92 Å². The molecule has 4 nitrogen and oxygen atoms in total. The van der Waals surface area contributed by atoms with E-state index in [0.29, 0.717) is 0 Å². The molecule has 1 aromatic carbocycles. The molecule has 0 aliphatic carbocycles. The van der Waals surface area contributed by atoms with Crippen LogP contribution in [-0.4, -0.2) is 30.7 Å². The standard InChI is InChI=1S/C12H11F3O4S/c1-2-18-10(16)7-19-11(17)8-3-5-9(6-4-8)20-12(13,14)15/h3-6H,2,7H2,1H3. The van der Waals surface area contributed by atoms with Gasteiger partial charge in [0.25, 0.3) is 0 Å². The molecule has 1 rings (SSSR count). The summed E-state index contributed by atoms with van der Waals surface area (Å²) in [5, 5.41) is 0. The molecule has 8 heteroatoms. The van der Waals surface area contributed by atoms with E-state index >= 15 is 0 Å². The molecule has 20 heavy (non-hydrogen) atoms. The Balaban J connectivity index is 2.55. The fourth-order valence-electron chi connectivity index (χ4n) is 1.20. The molecule has 0 saturated carbocycles. The van der Waals surface area contributed by atoms with Gasteiger partial charge in [-0.15, -0.1) is 0 Å². The van der Waals surface area contributed by atoms with E-state index < -0.39 is 24.1 Å². The van der Waals surface area contributed by atoms with Gasteiger partial charge in [-0.2, -0.15) is 13.2 Å². The molecule has 0 atom stereocenters. The maximum atomic E-state index is 12.1. The summed E-state index contributed by atoms with van der Waals surface area (Å²) in [6.07, 6.45) is 0. The molecule has 0 aliphatic rings. The third kappa shape index (κ3) is 5.96. The maximum absolute atomic E-state index is 12.1. The molecule has 1 aromatic rings. The van der Waals surface area contributed by atoms with Crippen molar-refractivity contribution in [3.63, 3.8) is 0 Å². The number of hydrogen-bond acceptors (Lipinski definition) is 5. The third-order valence-electron chi connectivity index (χ3n) is 1.95. The van der Waals surface area contributed by atoms with Gasteiger partial charge < -0.3 is 9.47 Å². The van der Waals surface area contributed by atoms with E-state index in [2.05, 4.69) is 9.47 Å². The van der Waals surface area contributed by atoms with Gasteiger partial charge in [0, 0.05) is 4.90 Å². The molecule has 0 spiro atoms. The summed E-state index contributed by atoms with van der Waals surface area (Å²) in [6.45, 7) is 1.24. The Morgan fingerprint density at radius 1 is 1.15 bits per heavy atom. The second-order valence-corrected chi connectivity index (χ2v) is 4.59. The van der Waals surface area contributed by atoms with Crippen LogP contribution in [0.2, 0.25) is 0 Å². The lowest BCUT2D eigenvalue weighted by Crippen LogP contribution is -2.16. The summed E-state index contributed by atoms with van der Waals surface area (Å²) < 4.78 is 45.5. The van der Waals surface area contributed by atoms with Gasteiger partial charge in [-0.25, -0.2) is 9.59 Å². The second kappa shape index (κ2) is 7.18. The van der Waals surface area contributed by atoms with Crippen LogP contribution in [0.15, 0.2) is 29.2 Å². The zero-order chi connectivity index (χ0) is 15.2. The molecular formula is C12H11F3O4S. The van der Waals surface area contributed by atoms with Crippen molar-refractivity contribution in [1.29, 1.82) is 0 Å². The summed E-state index contributed by atoms with van der Waals surface area (Å²) in [5.41, 5.74) is -4.33. The van der Waals surface area contributed by atoms with E-state index in [9.17, 15) is 22.8 Å². The van der Waals surface area contributed by atoms with Crippen molar-refractivity contribution < 1.29 is 32.2 Å². The molecule has 0 fully saturated rings. The van der Waals surface area contributed by atoms with Crippen LogP contribution in [0.3, 0.4) is 0 Å². The first-order chi connectivity index (χ1) is 9.31. The minimum absolute atomic E-state index is 0.0422. The van der Waals surface area contributed by atoms with Crippen molar-refractivity contribution in [2.75, 3.05) is 13.2 Å². The summed E-state index contributed by atoms with van der Waals surface area (Å²) in [7, 11) is 0. The van der Waals surface area contributed by atoms with Crippen LogP contribution < -0.4 is 0 Å². The number of benzene rings is 1. The number of halogens is 3. The predicted octanol–water partition coefficient (Wildman–Crippen LogP) is 3.02. The quantitative estimate of drug-likeness (QED) is 0.618. The Kier molecular flexibility index (Phi) is 5.87. The summed E-state index contributed by atoms with van der Waals surface area (Å²) in [5.74, 6) is -1.49. The van der Waals surface area contributed by atoms with E-state index in [1.807, 2.05) is 0 Å². The van der Waals surface area contributed by atoms with Crippen LogP contribution in [0.1, 0.15) is 17.3 Å². The second-order valence-electron chi connectivity index (χ2n) is 3.45. The van der Waals surface area contributed by atoms with E-state index in [0.717, 1.165) is 12.1 Å². The first-order valence-corrected chi connectivity index (χ1v) is 6.32. The lowest BCUT2D eigenvalue weighted by molar-refractivity contribution is -0.146. The highest BCUT2D eigenvalue weighted by molar-refractivity contribution is 8.00. The average molecular weight is 308 g/mol. The molecule has 0 unspecified atom stereocenters. The van der Waals surface area contributed by atoms with Gasteiger partial charge in [0.2, 0.25) is 0 Å². The number of esters is 2. The fourth-order valence-corrected chi connectivity index (χ4v) is 1.74. The first-order valence-electron chi connectivity index (χ1n) is 5.50. The summed E-state index contributed by atoms with van der Waals surface area (Å²) >= 11 is -0.280. The Labute approximate surface area is 117 Å². The van der Waals surface area contributed by atoms with Crippen molar-refractivity contribution in [2.24, 2.45) is 0 Å². The lowest BCUT2D eigenvalue weighted by Gasteiger charge is -2.07. The summed E-state index contributed by atoms with van der Waals surface area (Å²) in [6, 6.07) is 4.70. The summed E-state index contributed by atoms with van der Waals surface area (Å²) in [4.78, 5) is 22.4. The number of carbonyl (C=O) groups is 2. The SMILES string of the molecule is CCOC(=O)COC(=O)c1ccc(SC(F)(F)F)cc1. The molecule has 110 valence electrons. The minimum atomic E-state index is -4.38. The predicted molar refractivity (Wildman–Crippen MR) is 65.3 cm³/mol. The van der Waals surface area contributed by atoms with Gasteiger partial charge in [-0.1, -0.05) is 0 Å². The molecule has 0 aromatic heterocycles. The van der Waals surface area contributed by atoms with Crippen LogP contribution in [0.4, 0.5) is 13.2 Å². The van der Waals surface area contributed by atoms with Crippen LogP contribution in [0, 0.1) is 0 Å². The molecule has 0 radical (unpaired) electrons. The third-order valence-corrected chi connectivity index (χ3v) is 2.69.